The molecular formula is C16H16FN5OS. The first-order chi connectivity index (χ1) is 11.6. The molecule has 8 heteroatoms. The zero-order valence-electron chi connectivity index (χ0n) is 13.1. The molecule has 0 N–H and O–H groups in total. The number of fused-ring (bicyclic) bond motifs is 1. The molecule has 0 radical (unpaired) electrons. The Morgan fingerprint density at radius 1 is 1.21 bits per heavy atom. The number of nitrogens with zero attached hydrogens (tertiary/aromatic N) is 5. The molecule has 0 saturated carbocycles. The molecule has 124 valence electrons. The van der Waals surface area contributed by atoms with Gasteiger partial charge in [0.25, 0.3) is 5.91 Å². The molecule has 0 atom stereocenters. The first-order valence-corrected chi connectivity index (χ1v) is 8.52. The molecule has 1 saturated heterocycles. The van der Waals surface area contributed by atoms with E-state index in [-0.39, 0.29) is 11.7 Å². The maximum absolute atomic E-state index is 13.3. The zero-order valence-corrected chi connectivity index (χ0v) is 14.0. The third-order valence-electron chi connectivity index (χ3n) is 4.22. The van der Waals surface area contributed by atoms with Crippen LogP contribution in [0.15, 0.2) is 30.5 Å². The number of hydrogen-bond donors (Lipinski definition) is 0. The summed E-state index contributed by atoms with van der Waals surface area (Å²) in [6, 6.07) is 6.37. The summed E-state index contributed by atoms with van der Waals surface area (Å²) in [5, 5.41) is 4.92. The molecule has 24 heavy (non-hydrogen) atoms. The maximum Gasteiger partial charge on any atom is 0.272 e. The number of carbonyl (C=O) groups is 1. The summed E-state index contributed by atoms with van der Waals surface area (Å²) in [4.78, 5) is 21.0. The number of carbonyl (C=O) groups excluding carboxylic acids is 1. The van der Waals surface area contributed by atoms with Crippen LogP contribution in [-0.2, 0) is 7.05 Å². The monoisotopic (exact) mass is 345 g/mol. The van der Waals surface area contributed by atoms with Crippen molar-refractivity contribution in [2.45, 2.75) is 0 Å². The van der Waals surface area contributed by atoms with E-state index >= 15 is 0 Å². The maximum atomic E-state index is 13.3. The molecule has 3 heterocycles. The van der Waals surface area contributed by atoms with Gasteiger partial charge in [0.1, 0.15) is 11.5 Å². The molecule has 0 unspecified atom stereocenters. The Labute approximate surface area is 142 Å². The van der Waals surface area contributed by atoms with E-state index in [0.29, 0.717) is 31.9 Å². The number of anilines is 1. The normalized spacial score (nSPS) is 15.2. The SMILES string of the molecule is Cn1nccc1C(=O)N1CCN(c2nc3ccc(F)cc3s2)CC1. The molecule has 6 nitrogen and oxygen atoms in total. The second-order valence-electron chi connectivity index (χ2n) is 5.73. The van der Waals surface area contributed by atoms with Gasteiger partial charge in [-0.25, -0.2) is 9.37 Å². The third kappa shape index (κ3) is 2.62. The van der Waals surface area contributed by atoms with E-state index in [4.69, 9.17) is 0 Å². The molecular weight excluding hydrogens is 329 g/mol. The van der Waals surface area contributed by atoms with Gasteiger partial charge in [0.15, 0.2) is 5.13 Å². The zero-order chi connectivity index (χ0) is 16.7. The number of thiazole rings is 1. The van der Waals surface area contributed by atoms with Gasteiger partial charge in [-0.3, -0.25) is 9.48 Å². The molecule has 1 aliphatic rings. The summed E-state index contributed by atoms with van der Waals surface area (Å²) < 4.78 is 15.7. The van der Waals surface area contributed by atoms with E-state index in [2.05, 4.69) is 15.0 Å². The highest BCUT2D eigenvalue weighted by molar-refractivity contribution is 7.22. The third-order valence-corrected chi connectivity index (χ3v) is 5.30. The van der Waals surface area contributed by atoms with Crippen LogP contribution in [0.5, 0.6) is 0 Å². The fourth-order valence-electron chi connectivity index (χ4n) is 2.87. The van der Waals surface area contributed by atoms with Crippen LogP contribution in [0, 0.1) is 5.82 Å². The second-order valence-corrected chi connectivity index (χ2v) is 6.74. The lowest BCUT2D eigenvalue weighted by atomic mass is 10.3. The predicted molar refractivity (Wildman–Crippen MR) is 90.9 cm³/mol. The average Bonchev–Trinajstić information content (AvgIpc) is 3.20. The quantitative estimate of drug-likeness (QED) is 0.714. The average molecular weight is 345 g/mol. The minimum atomic E-state index is -0.246. The van der Waals surface area contributed by atoms with Crippen molar-refractivity contribution in [2.24, 2.45) is 7.05 Å². The van der Waals surface area contributed by atoms with Gasteiger partial charge in [0.2, 0.25) is 0 Å². The van der Waals surface area contributed by atoms with Crippen LogP contribution in [0.1, 0.15) is 10.5 Å². The lowest BCUT2D eigenvalue weighted by molar-refractivity contribution is 0.0735. The van der Waals surface area contributed by atoms with Gasteiger partial charge in [-0.2, -0.15) is 5.10 Å². The molecule has 1 aliphatic heterocycles. The van der Waals surface area contributed by atoms with Crippen LogP contribution in [0.3, 0.4) is 0 Å². The molecule has 0 spiro atoms. The smallest absolute Gasteiger partial charge is 0.272 e. The molecule has 1 amide bonds. The van der Waals surface area contributed by atoms with Crippen molar-refractivity contribution in [3.05, 3.63) is 42.0 Å². The van der Waals surface area contributed by atoms with Gasteiger partial charge in [-0.15, -0.1) is 0 Å². The summed E-state index contributed by atoms with van der Waals surface area (Å²) >= 11 is 1.49. The Hall–Kier alpha value is -2.48. The number of halogens is 1. The van der Waals surface area contributed by atoms with Gasteiger partial charge >= 0.3 is 0 Å². The second kappa shape index (κ2) is 5.86. The van der Waals surface area contributed by atoms with Crippen LogP contribution in [0.4, 0.5) is 9.52 Å². The standard InChI is InChI=1S/C16H16FN5OS/c1-20-13(4-5-18-20)15(23)21-6-8-22(9-7-21)16-19-12-3-2-11(17)10-14(12)24-16/h2-5,10H,6-9H2,1H3. The largest absolute Gasteiger partial charge is 0.345 e. The van der Waals surface area contributed by atoms with Crippen molar-refractivity contribution in [1.82, 2.24) is 19.7 Å². The first kappa shape index (κ1) is 15.1. The number of benzene rings is 1. The molecule has 0 bridgehead atoms. The van der Waals surface area contributed by atoms with Crippen LogP contribution >= 0.6 is 11.3 Å². The van der Waals surface area contributed by atoms with E-state index in [1.165, 1.54) is 23.5 Å². The summed E-state index contributed by atoms with van der Waals surface area (Å²) in [6.07, 6.45) is 1.63. The van der Waals surface area contributed by atoms with Crippen molar-refractivity contribution in [3.63, 3.8) is 0 Å². The van der Waals surface area contributed by atoms with Gasteiger partial charge in [-0.05, 0) is 24.3 Å². The molecule has 1 aromatic carbocycles. The predicted octanol–water partition coefficient (Wildman–Crippen LogP) is 2.13. The highest BCUT2D eigenvalue weighted by Gasteiger charge is 2.25. The molecule has 0 aliphatic carbocycles. The van der Waals surface area contributed by atoms with Crippen molar-refractivity contribution in [3.8, 4) is 0 Å². The highest BCUT2D eigenvalue weighted by atomic mass is 32.1. The fourth-order valence-corrected chi connectivity index (χ4v) is 3.91. The topological polar surface area (TPSA) is 54.3 Å². The summed E-state index contributed by atoms with van der Waals surface area (Å²) in [5.41, 5.74) is 1.41. The van der Waals surface area contributed by atoms with E-state index < -0.39 is 0 Å². The minimum Gasteiger partial charge on any atom is -0.345 e. The van der Waals surface area contributed by atoms with Crippen LogP contribution < -0.4 is 4.90 Å². The molecule has 3 aromatic rings. The number of piperazine rings is 1. The van der Waals surface area contributed by atoms with Crippen LogP contribution in [-0.4, -0.2) is 51.8 Å². The molecule has 2 aromatic heterocycles. The highest BCUT2D eigenvalue weighted by Crippen LogP contribution is 2.30. The van der Waals surface area contributed by atoms with E-state index in [1.807, 2.05) is 4.90 Å². The Balaban J connectivity index is 1.47. The van der Waals surface area contributed by atoms with E-state index in [0.717, 1.165) is 15.3 Å². The van der Waals surface area contributed by atoms with E-state index in [9.17, 15) is 9.18 Å². The summed E-state index contributed by atoms with van der Waals surface area (Å²) in [7, 11) is 1.77. The van der Waals surface area contributed by atoms with Gasteiger partial charge < -0.3 is 9.80 Å². The van der Waals surface area contributed by atoms with Gasteiger partial charge in [-0.1, -0.05) is 11.3 Å². The van der Waals surface area contributed by atoms with Crippen molar-refractivity contribution in [1.29, 1.82) is 0 Å². The lowest BCUT2D eigenvalue weighted by Crippen LogP contribution is -2.49. The Morgan fingerprint density at radius 3 is 2.71 bits per heavy atom. The Bertz CT molecular complexity index is 897. The molecule has 1 fully saturated rings. The minimum absolute atomic E-state index is 0.000945. The number of aromatic nitrogens is 3. The van der Waals surface area contributed by atoms with Gasteiger partial charge in [0.05, 0.1) is 10.2 Å². The Kier molecular flexibility index (Phi) is 3.68. The van der Waals surface area contributed by atoms with E-state index in [1.54, 1.807) is 30.1 Å². The number of rotatable bonds is 2. The summed E-state index contributed by atoms with van der Waals surface area (Å²) in [5.74, 6) is -0.245. The summed E-state index contributed by atoms with van der Waals surface area (Å²) in [6.45, 7) is 2.69. The number of amides is 1. The van der Waals surface area contributed by atoms with Crippen molar-refractivity contribution >= 4 is 32.6 Å². The molecule has 4 rings (SSSR count). The van der Waals surface area contributed by atoms with Crippen LogP contribution in [0.25, 0.3) is 10.2 Å². The van der Waals surface area contributed by atoms with Crippen molar-refractivity contribution in [2.75, 3.05) is 31.1 Å². The van der Waals surface area contributed by atoms with Gasteiger partial charge in [0, 0.05) is 39.4 Å². The fraction of sp³-hybridized carbons (Fsp3) is 0.312. The number of aryl methyl sites for hydroxylation is 1. The first-order valence-electron chi connectivity index (χ1n) is 7.70. The number of hydrogen-bond acceptors (Lipinski definition) is 5. The van der Waals surface area contributed by atoms with Crippen LogP contribution in [0.2, 0.25) is 0 Å². The lowest BCUT2D eigenvalue weighted by Gasteiger charge is -2.34. The van der Waals surface area contributed by atoms with Crippen molar-refractivity contribution < 1.29 is 9.18 Å². The Morgan fingerprint density at radius 2 is 2.00 bits per heavy atom.